The summed E-state index contributed by atoms with van der Waals surface area (Å²) in [5.41, 5.74) is 13.9. The van der Waals surface area contributed by atoms with E-state index >= 15 is 0 Å². The molecule has 0 saturated heterocycles. The number of rotatable bonds is 6. The van der Waals surface area contributed by atoms with Crippen LogP contribution in [0.25, 0.3) is 111 Å². The van der Waals surface area contributed by atoms with Crippen LogP contribution in [0.1, 0.15) is 0 Å². The molecule has 4 heterocycles. The van der Waals surface area contributed by atoms with Gasteiger partial charge in [0.15, 0.2) is 5.58 Å². The number of aromatic nitrogens is 5. The van der Waals surface area contributed by atoms with E-state index < -0.39 is 0 Å². The quantitative estimate of drug-likeness (QED) is 0.170. The van der Waals surface area contributed by atoms with Gasteiger partial charge in [0, 0.05) is 43.9 Å². The molecule has 0 spiro atoms. The fraction of sp³-hybridized carbons (Fsp3) is 0. The number of oxazole rings is 1. The Balaban J connectivity index is 1.05. The van der Waals surface area contributed by atoms with Crippen LogP contribution in [0.15, 0.2) is 205 Å². The number of hydrogen-bond acceptors (Lipinski definition) is 4. The van der Waals surface area contributed by atoms with E-state index in [1.165, 1.54) is 0 Å². The molecule has 6 nitrogen and oxygen atoms in total. The minimum Gasteiger partial charge on any atom is -0.434 e. The number of nitrogens with zero attached hydrogens (tertiary/aromatic N) is 5. The van der Waals surface area contributed by atoms with E-state index in [4.69, 9.17) is 19.4 Å². The van der Waals surface area contributed by atoms with Crippen molar-refractivity contribution in [3.05, 3.63) is 200 Å². The third kappa shape index (κ3) is 5.38. The van der Waals surface area contributed by atoms with Gasteiger partial charge < -0.3 is 8.98 Å². The van der Waals surface area contributed by atoms with E-state index in [1.54, 1.807) is 0 Å². The summed E-state index contributed by atoms with van der Waals surface area (Å²) in [6.07, 6.45) is 0. The molecule has 0 radical (unpaired) electrons. The SMILES string of the molecule is c1ccc(-c2cc(-c3ccccc3)nc(-n3c4ccccc4c4cc(-c5ccc6c(c5)c5ccc7nc(-c8ccccc8)oc7c5n6-c5ccccc5)ccc43)n2)cc1. The van der Waals surface area contributed by atoms with Crippen LogP contribution in [-0.4, -0.2) is 24.1 Å². The maximum absolute atomic E-state index is 6.62. The molecular weight excluding hydrogens is 723 g/mol. The lowest BCUT2D eigenvalue weighted by Gasteiger charge is -2.12. The van der Waals surface area contributed by atoms with Crippen LogP contribution in [0.3, 0.4) is 0 Å². The Morgan fingerprint density at radius 1 is 0.356 bits per heavy atom. The fourth-order valence-corrected chi connectivity index (χ4v) is 8.63. The smallest absolute Gasteiger partial charge is 0.235 e. The lowest BCUT2D eigenvalue weighted by atomic mass is 10.0. The van der Waals surface area contributed by atoms with Gasteiger partial charge in [0.2, 0.25) is 11.8 Å². The number of para-hydroxylation sites is 2. The molecule has 4 aromatic heterocycles. The molecule has 6 heteroatoms. The van der Waals surface area contributed by atoms with Gasteiger partial charge in [0.05, 0.1) is 33.5 Å². The summed E-state index contributed by atoms with van der Waals surface area (Å²) in [4.78, 5) is 15.4. The van der Waals surface area contributed by atoms with Gasteiger partial charge in [-0.3, -0.25) is 4.57 Å². The van der Waals surface area contributed by atoms with Gasteiger partial charge in [-0.05, 0) is 83.9 Å². The van der Waals surface area contributed by atoms with Gasteiger partial charge in [0.25, 0.3) is 0 Å². The highest BCUT2D eigenvalue weighted by atomic mass is 16.3. The molecule has 8 aromatic carbocycles. The van der Waals surface area contributed by atoms with Crippen molar-refractivity contribution in [2.24, 2.45) is 0 Å². The molecule has 0 saturated carbocycles. The van der Waals surface area contributed by atoms with Crippen molar-refractivity contribution in [3.8, 4) is 56.7 Å². The third-order valence-corrected chi connectivity index (χ3v) is 11.4. The van der Waals surface area contributed by atoms with Crippen LogP contribution in [0.2, 0.25) is 0 Å². The first kappa shape index (κ1) is 33.1. The molecule has 12 aromatic rings. The molecule has 276 valence electrons. The van der Waals surface area contributed by atoms with Crippen molar-refractivity contribution in [1.82, 2.24) is 24.1 Å². The van der Waals surface area contributed by atoms with Crippen molar-refractivity contribution in [3.63, 3.8) is 0 Å². The summed E-state index contributed by atoms with van der Waals surface area (Å²) in [6.45, 7) is 0. The zero-order valence-corrected chi connectivity index (χ0v) is 31.7. The van der Waals surface area contributed by atoms with Crippen molar-refractivity contribution in [2.75, 3.05) is 0 Å². The second kappa shape index (κ2) is 13.3. The molecule has 0 fully saturated rings. The molecule has 0 bridgehead atoms. The molecule has 12 rings (SSSR count). The second-order valence-electron chi connectivity index (χ2n) is 14.9. The maximum Gasteiger partial charge on any atom is 0.235 e. The summed E-state index contributed by atoms with van der Waals surface area (Å²) in [5.74, 6) is 1.24. The maximum atomic E-state index is 6.62. The normalized spacial score (nSPS) is 11.7. The van der Waals surface area contributed by atoms with E-state index in [9.17, 15) is 0 Å². The fourth-order valence-electron chi connectivity index (χ4n) is 8.63. The largest absolute Gasteiger partial charge is 0.434 e. The summed E-state index contributed by atoms with van der Waals surface area (Å²) >= 11 is 0. The van der Waals surface area contributed by atoms with Crippen LogP contribution < -0.4 is 0 Å². The molecular formula is C53H33N5O. The minimum atomic E-state index is 0.611. The van der Waals surface area contributed by atoms with Crippen LogP contribution in [0, 0.1) is 0 Å². The lowest BCUT2D eigenvalue weighted by molar-refractivity contribution is 0.622. The van der Waals surface area contributed by atoms with Crippen molar-refractivity contribution < 1.29 is 4.42 Å². The van der Waals surface area contributed by atoms with Gasteiger partial charge in [-0.15, -0.1) is 0 Å². The molecule has 0 aliphatic rings. The zero-order valence-electron chi connectivity index (χ0n) is 31.7. The van der Waals surface area contributed by atoms with Crippen LogP contribution in [-0.2, 0) is 0 Å². The molecule has 59 heavy (non-hydrogen) atoms. The summed E-state index contributed by atoms with van der Waals surface area (Å²) < 4.78 is 11.1. The van der Waals surface area contributed by atoms with E-state index in [1.807, 2.05) is 42.5 Å². The first-order chi connectivity index (χ1) is 29.2. The average Bonchev–Trinajstić information content (AvgIpc) is 4.00. The van der Waals surface area contributed by atoms with Crippen LogP contribution in [0.5, 0.6) is 0 Å². The Labute approximate surface area is 338 Å². The number of benzene rings is 8. The Kier molecular flexibility index (Phi) is 7.43. The highest BCUT2D eigenvalue weighted by Gasteiger charge is 2.21. The Bertz CT molecular complexity index is 3480. The standard InChI is InChI=1S/C53H33N5O/c1-5-15-34(16-6-1)45-33-46(35-17-7-2-8-18-35)56-53(55-45)58-47-24-14-13-23-40(47)42-31-37(26-30-49(42)58)38-25-29-48-43(32-38)41-27-28-44-51(50(41)57(48)39-21-11-4-12-22-39)59-52(54-44)36-19-9-3-10-20-36/h1-33H. The van der Waals surface area contributed by atoms with E-state index in [0.29, 0.717) is 11.8 Å². The molecule has 0 aliphatic carbocycles. The molecule has 0 N–H and O–H groups in total. The third-order valence-electron chi connectivity index (χ3n) is 11.4. The topological polar surface area (TPSA) is 61.7 Å². The lowest BCUT2D eigenvalue weighted by Crippen LogP contribution is -2.03. The highest BCUT2D eigenvalue weighted by molar-refractivity contribution is 6.18. The Hall–Kier alpha value is -8.09. The first-order valence-corrected chi connectivity index (χ1v) is 19.8. The number of fused-ring (bicyclic) bond motifs is 8. The van der Waals surface area contributed by atoms with Gasteiger partial charge in [0.1, 0.15) is 5.52 Å². The van der Waals surface area contributed by atoms with Gasteiger partial charge >= 0.3 is 0 Å². The van der Waals surface area contributed by atoms with Crippen molar-refractivity contribution in [1.29, 1.82) is 0 Å². The second-order valence-corrected chi connectivity index (χ2v) is 14.9. The Morgan fingerprint density at radius 2 is 0.881 bits per heavy atom. The summed E-state index contributed by atoms with van der Waals surface area (Å²) in [5, 5.41) is 4.53. The van der Waals surface area contributed by atoms with Crippen LogP contribution in [0.4, 0.5) is 0 Å². The van der Waals surface area contributed by atoms with Crippen molar-refractivity contribution in [2.45, 2.75) is 0 Å². The van der Waals surface area contributed by atoms with E-state index in [-0.39, 0.29) is 0 Å². The monoisotopic (exact) mass is 755 g/mol. The Morgan fingerprint density at radius 3 is 1.53 bits per heavy atom. The summed E-state index contributed by atoms with van der Waals surface area (Å²) in [7, 11) is 0. The van der Waals surface area contributed by atoms with E-state index in [2.05, 4.69) is 167 Å². The highest BCUT2D eigenvalue weighted by Crippen LogP contribution is 2.41. The molecule has 0 atom stereocenters. The van der Waals surface area contributed by atoms with Crippen molar-refractivity contribution >= 4 is 54.7 Å². The van der Waals surface area contributed by atoms with Gasteiger partial charge in [-0.2, -0.15) is 0 Å². The molecule has 0 unspecified atom stereocenters. The first-order valence-electron chi connectivity index (χ1n) is 19.8. The minimum absolute atomic E-state index is 0.611. The van der Waals surface area contributed by atoms with Crippen LogP contribution >= 0.6 is 0 Å². The number of hydrogen-bond donors (Lipinski definition) is 0. The average molecular weight is 756 g/mol. The van der Waals surface area contributed by atoms with E-state index in [0.717, 1.165) is 99.6 Å². The van der Waals surface area contributed by atoms with Gasteiger partial charge in [-0.25, -0.2) is 15.0 Å². The summed E-state index contributed by atoms with van der Waals surface area (Å²) in [6, 6.07) is 69.7. The predicted molar refractivity (Wildman–Crippen MR) is 240 cm³/mol. The molecule has 0 amide bonds. The van der Waals surface area contributed by atoms with Gasteiger partial charge in [-0.1, -0.05) is 127 Å². The predicted octanol–water partition coefficient (Wildman–Crippen LogP) is 13.5. The molecule has 0 aliphatic heterocycles. The zero-order chi connectivity index (χ0) is 38.9.